The molecule has 0 radical (unpaired) electrons. The summed E-state index contributed by atoms with van der Waals surface area (Å²) < 4.78 is 19.1. The molecule has 3 rings (SSSR count). The normalized spacial score (nSPS) is 10.6. The van der Waals surface area contributed by atoms with Crippen molar-refractivity contribution in [3.05, 3.63) is 77.6 Å². The van der Waals surface area contributed by atoms with E-state index in [1.807, 2.05) is 12.1 Å². The number of benzene rings is 1. The fraction of sp³-hybridized carbons (Fsp3) is 0.111. The number of pyridine rings is 1. The summed E-state index contributed by atoms with van der Waals surface area (Å²) in [7, 11) is 0. The van der Waals surface area contributed by atoms with Crippen LogP contribution < -0.4 is 5.32 Å². The number of carbonyl (C=O) groups is 1. The van der Waals surface area contributed by atoms with Gasteiger partial charge in [-0.05, 0) is 54.4 Å². The molecule has 0 aliphatic carbocycles. The summed E-state index contributed by atoms with van der Waals surface area (Å²) in [5.41, 5.74) is 2.04. The molecule has 0 atom stereocenters. The van der Waals surface area contributed by atoms with Gasteiger partial charge in [0, 0.05) is 23.8 Å². The highest BCUT2D eigenvalue weighted by molar-refractivity contribution is 7.98. The number of nitrogens with one attached hydrogen (secondary N) is 1. The number of amides is 1. The lowest BCUT2D eigenvalue weighted by Gasteiger charge is -2.04. The standard InChI is InChI=1S/C18H15FN2O2S/c1-12-2-3-14(10-15(12)19)21-18(22)16-4-5-17(23-16)24-11-13-6-8-20-9-7-13/h2-10H,11H2,1H3,(H,21,22). The average Bonchev–Trinajstić information content (AvgIpc) is 3.06. The zero-order chi connectivity index (χ0) is 16.9. The van der Waals surface area contributed by atoms with E-state index in [0.717, 1.165) is 11.3 Å². The minimum atomic E-state index is -0.408. The summed E-state index contributed by atoms with van der Waals surface area (Å²) in [6.07, 6.45) is 3.47. The third-order valence-electron chi connectivity index (χ3n) is 3.37. The number of carbonyl (C=O) groups excluding carboxylic acids is 1. The van der Waals surface area contributed by atoms with Gasteiger partial charge < -0.3 is 9.73 Å². The van der Waals surface area contributed by atoms with E-state index in [0.29, 0.717) is 16.3 Å². The number of aryl methyl sites for hydroxylation is 1. The van der Waals surface area contributed by atoms with E-state index in [1.165, 1.54) is 17.8 Å². The highest BCUT2D eigenvalue weighted by atomic mass is 32.2. The van der Waals surface area contributed by atoms with E-state index in [9.17, 15) is 9.18 Å². The zero-order valence-corrected chi connectivity index (χ0v) is 13.8. The fourth-order valence-corrected chi connectivity index (χ4v) is 2.83. The first-order valence-corrected chi connectivity index (χ1v) is 8.29. The average molecular weight is 342 g/mol. The van der Waals surface area contributed by atoms with Crippen molar-refractivity contribution < 1.29 is 13.6 Å². The van der Waals surface area contributed by atoms with Gasteiger partial charge >= 0.3 is 0 Å². The van der Waals surface area contributed by atoms with Crippen LogP contribution in [0.3, 0.4) is 0 Å². The molecule has 0 saturated carbocycles. The third-order valence-corrected chi connectivity index (χ3v) is 4.35. The molecule has 24 heavy (non-hydrogen) atoms. The number of anilines is 1. The summed E-state index contributed by atoms with van der Waals surface area (Å²) in [5, 5.41) is 3.27. The molecule has 0 unspecified atom stereocenters. The quantitative estimate of drug-likeness (QED) is 0.685. The maximum absolute atomic E-state index is 13.5. The Morgan fingerprint density at radius 3 is 2.75 bits per heavy atom. The van der Waals surface area contributed by atoms with Crippen molar-refractivity contribution in [2.45, 2.75) is 17.8 Å². The predicted molar refractivity (Wildman–Crippen MR) is 91.6 cm³/mol. The zero-order valence-electron chi connectivity index (χ0n) is 13.0. The Hall–Kier alpha value is -2.60. The fourth-order valence-electron chi connectivity index (χ4n) is 2.02. The topological polar surface area (TPSA) is 55.1 Å². The first kappa shape index (κ1) is 16.3. The molecule has 0 fully saturated rings. The second-order valence-corrected chi connectivity index (χ2v) is 6.16. The molecule has 1 aromatic carbocycles. The molecule has 0 spiro atoms. The molecular weight excluding hydrogens is 327 g/mol. The summed E-state index contributed by atoms with van der Waals surface area (Å²) in [6, 6.07) is 11.8. The minimum Gasteiger partial charge on any atom is -0.445 e. The predicted octanol–water partition coefficient (Wildman–Crippen LogP) is 4.67. The molecule has 1 N–H and O–H groups in total. The number of aromatic nitrogens is 1. The third kappa shape index (κ3) is 4.02. The van der Waals surface area contributed by atoms with E-state index in [2.05, 4.69) is 10.3 Å². The highest BCUT2D eigenvalue weighted by Gasteiger charge is 2.12. The lowest BCUT2D eigenvalue weighted by atomic mass is 10.2. The minimum absolute atomic E-state index is 0.188. The number of hydrogen-bond donors (Lipinski definition) is 1. The first-order valence-electron chi connectivity index (χ1n) is 7.31. The van der Waals surface area contributed by atoms with Crippen molar-refractivity contribution in [1.29, 1.82) is 0 Å². The second kappa shape index (κ2) is 7.31. The maximum atomic E-state index is 13.5. The van der Waals surface area contributed by atoms with Crippen molar-refractivity contribution in [3.63, 3.8) is 0 Å². The lowest BCUT2D eigenvalue weighted by Crippen LogP contribution is -2.11. The van der Waals surface area contributed by atoms with Gasteiger partial charge in [0.15, 0.2) is 10.9 Å². The van der Waals surface area contributed by atoms with Gasteiger partial charge in [0.05, 0.1) is 0 Å². The van der Waals surface area contributed by atoms with Crippen LogP contribution >= 0.6 is 11.8 Å². The van der Waals surface area contributed by atoms with Crippen molar-refractivity contribution >= 4 is 23.4 Å². The SMILES string of the molecule is Cc1ccc(NC(=O)c2ccc(SCc3ccncc3)o2)cc1F. The Kier molecular flexibility index (Phi) is 4.96. The van der Waals surface area contributed by atoms with Crippen molar-refractivity contribution in [3.8, 4) is 0 Å². The highest BCUT2D eigenvalue weighted by Crippen LogP contribution is 2.25. The van der Waals surface area contributed by atoms with E-state index < -0.39 is 5.91 Å². The summed E-state index contributed by atoms with van der Waals surface area (Å²) in [5.74, 6) is 0.142. The van der Waals surface area contributed by atoms with Crippen LogP contribution in [0.4, 0.5) is 10.1 Å². The van der Waals surface area contributed by atoms with E-state index >= 15 is 0 Å². The number of halogens is 1. The Balaban J connectivity index is 1.62. The molecule has 4 nitrogen and oxygen atoms in total. The Morgan fingerprint density at radius 1 is 1.21 bits per heavy atom. The molecule has 3 aromatic rings. The largest absolute Gasteiger partial charge is 0.445 e. The molecule has 2 heterocycles. The Labute approximate surface area is 143 Å². The van der Waals surface area contributed by atoms with Gasteiger partial charge in [-0.1, -0.05) is 17.8 Å². The van der Waals surface area contributed by atoms with Crippen molar-refractivity contribution in [2.24, 2.45) is 0 Å². The van der Waals surface area contributed by atoms with Crippen molar-refractivity contribution in [2.75, 3.05) is 5.32 Å². The number of thioether (sulfide) groups is 1. The van der Waals surface area contributed by atoms with Crippen LogP contribution in [0.25, 0.3) is 0 Å². The van der Waals surface area contributed by atoms with Gasteiger partial charge in [-0.15, -0.1) is 0 Å². The smallest absolute Gasteiger partial charge is 0.291 e. The van der Waals surface area contributed by atoms with Crippen LogP contribution in [0.15, 0.2) is 64.4 Å². The van der Waals surface area contributed by atoms with Gasteiger partial charge in [-0.25, -0.2) is 4.39 Å². The number of furan rings is 1. The Morgan fingerprint density at radius 2 is 2.00 bits per heavy atom. The monoisotopic (exact) mass is 342 g/mol. The number of hydrogen-bond acceptors (Lipinski definition) is 4. The van der Waals surface area contributed by atoms with E-state index in [-0.39, 0.29) is 11.6 Å². The molecule has 2 aromatic heterocycles. The summed E-state index contributed by atoms with van der Waals surface area (Å²) >= 11 is 1.49. The molecule has 1 amide bonds. The number of nitrogens with zero attached hydrogens (tertiary/aromatic N) is 1. The summed E-state index contributed by atoms with van der Waals surface area (Å²) in [4.78, 5) is 16.1. The molecule has 0 aliphatic heterocycles. The van der Waals surface area contributed by atoms with Gasteiger partial charge in [0.2, 0.25) is 0 Å². The van der Waals surface area contributed by atoms with Gasteiger partial charge in [0.25, 0.3) is 5.91 Å². The van der Waals surface area contributed by atoms with E-state index in [1.54, 1.807) is 43.6 Å². The molecule has 0 bridgehead atoms. The van der Waals surface area contributed by atoms with Crippen LogP contribution in [0.5, 0.6) is 0 Å². The van der Waals surface area contributed by atoms with E-state index in [4.69, 9.17) is 4.42 Å². The van der Waals surface area contributed by atoms with Gasteiger partial charge in [-0.2, -0.15) is 0 Å². The van der Waals surface area contributed by atoms with Crippen molar-refractivity contribution in [1.82, 2.24) is 4.98 Å². The van der Waals surface area contributed by atoms with Crippen LogP contribution in [-0.4, -0.2) is 10.9 Å². The lowest BCUT2D eigenvalue weighted by molar-refractivity contribution is 0.0992. The molecule has 6 heteroatoms. The van der Waals surface area contributed by atoms with Crippen LogP contribution in [0.1, 0.15) is 21.7 Å². The second-order valence-electron chi connectivity index (χ2n) is 5.18. The molecule has 0 aliphatic rings. The first-order chi connectivity index (χ1) is 11.6. The van der Waals surface area contributed by atoms with Crippen LogP contribution in [0, 0.1) is 12.7 Å². The van der Waals surface area contributed by atoms with Crippen LogP contribution in [-0.2, 0) is 5.75 Å². The number of rotatable bonds is 5. The maximum Gasteiger partial charge on any atom is 0.291 e. The summed E-state index contributed by atoms with van der Waals surface area (Å²) in [6.45, 7) is 1.67. The Bertz CT molecular complexity index is 849. The van der Waals surface area contributed by atoms with Gasteiger partial charge in [0.1, 0.15) is 5.82 Å². The molecule has 122 valence electrons. The van der Waals surface area contributed by atoms with Gasteiger partial charge in [-0.3, -0.25) is 9.78 Å². The molecular formula is C18H15FN2O2S. The molecule has 0 saturated heterocycles. The van der Waals surface area contributed by atoms with Crippen LogP contribution in [0.2, 0.25) is 0 Å².